The second-order valence-electron chi connectivity index (χ2n) is 7.48. The first-order valence-electron chi connectivity index (χ1n) is 10.2. The fourth-order valence-corrected chi connectivity index (χ4v) is 3.86. The monoisotopic (exact) mass is 431 g/mol. The summed E-state index contributed by atoms with van der Waals surface area (Å²) in [5.41, 5.74) is 2.61. The molecule has 2 aromatic carbocycles. The number of hydrogen-bond acceptors (Lipinski definition) is 4. The van der Waals surface area contributed by atoms with Crippen LogP contribution in [0, 0.1) is 0 Å². The van der Waals surface area contributed by atoms with E-state index in [9.17, 15) is 9.59 Å². The van der Waals surface area contributed by atoms with E-state index in [1.807, 2.05) is 61.5 Å². The highest BCUT2D eigenvalue weighted by Crippen LogP contribution is 2.19. The molecule has 0 atom stereocenters. The van der Waals surface area contributed by atoms with Gasteiger partial charge in [-0.25, -0.2) is 0 Å². The fraction of sp³-hybridized carbons (Fsp3) is 0.391. The van der Waals surface area contributed by atoms with Crippen LogP contribution in [0.3, 0.4) is 0 Å². The first-order chi connectivity index (χ1) is 14.0. The maximum absolute atomic E-state index is 12.4. The van der Waals surface area contributed by atoms with Gasteiger partial charge in [0.25, 0.3) is 5.91 Å². The van der Waals surface area contributed by atoms with Gasteiger partial charge in [-0.3, -0.25) is 19.4 Å². The van der Waals surface area contributed by atoms with E-state index >= 15 is 0 Å². The molecule has 1 aliphatic rings. The summed E-state index contributed by atoms with van der Waals surface area (Å²) in [6, 6.07) is 17.5. The lowest BCUT2D eigenvalue weighted by Crippen LogP contribution is -2.46. The second-order valence-corrected chi connectivity index (χ2v) is 7.48. The molecule has 1 saturated heterocycles. The number of para-hydroxylation sites is 1. The molecule has 0 saturated carbocycles. The van der Waals surface area contributed by atoms with Crippen LogP contribution < -0.4 is 5.32 Å². The van der Waals surface area contributed by atoms with Gasteiger partial charge >= 0.3 is 5.97 Å². The van der Waals surface area contributed by atoms with Crippen LogP contribution in [0.1, 0.15) is 35.7 Å². The van der Waals surface area contributed by atoms with Gasteiger partial charge in [0.15, 0.2) is 0 Å². The number of likely N-dealkylation sites (N-methyl/N-ethyl adjacent to an activating group) is 1. The summed E-state index contributed by atoms with van der Waals surface area (Å²) in [5, 5.41) is 12.0. The Hall–Kier alpha value is -2.41. The molecule has 1 amide bonds. The molecule has 0 aliphatic carbocycles. The number of anilines is 1. The van der Waals surface area contributed by atoms with Crippen LogP contribution >= 0.6 is 12.4 Å². The smallest absolute Gasteiger partial charge is 0.317 e. The number of carboxylic acids is 1. The van der Waals surface area contributed by atoms with Crippen molar-refractivity contribution in [2.24, 2.45) is 0 Å². The Morgan fingerprint density at radius 2 is 1.70 bits per heavy atom. The molecule has 2 N–H and O–H groups in total. The van der Waals surface area contributed by atoms with Crippen LogP contribution in [-0.4, -0.2) is 59.0 Å². The van der Waals surface area contributed by atoms with Crippen LogP contribution in [-0.2, 0) is 11.3 Å². The molecule has 1 aliphatic heterocycles. The number of piperidine rings is 1. The number of amides is 1. The minimum Gasteiger partial charge on any atom is -0.480 e. The highest BCUT2D eigenvalue weighted by molar-refractivity contribution is 6.04. The van der Waals surface area contributed by atoms with Crippen molar-refractivity contribution in [3.63, 3.8) is 0 Å². The molecule has 2 aromatic rings. The van der Waals surface area contributed by atoms with Gasteiger partial charge in [0, 0.05) is 23.8 Å². The van der Waals surface area contributed by atoms with Gasteiger partial charge in [0.1, 0.15) is 0 Å². The quantitative estimate of drug-likeness (QED) is 0.666. The van der Waals surface area contributed by atoms with Crippen molar-refractivity contribution >= 4 is 30.0 Å². The van der Waals surface area contributed by atoms with Gasteiger partial charge in [-0.2, -0.15) is 0 Å². The number of nitrogens with zero attached hydrogens (tertiary/aromatic N) is 2. The Balaban J connectivity index is 0.00000320. The van der Waals surface area contributed by atoms with Crippen molar-refractivity contribution in [2.75, 3.05) is 31.5 Å². The SMILES string of the molecule is CCN(CC(=O)O)C1CCN(Cc2ccc(C(=O)Nc3ccccc3)cc2)CC1.Cl. The van der Waals surface area contributed by atoms with Crippen molar-refractivity contribution in [1.82, 2.24) is 9.80 Å². The summed E-state index contributed by atoms with van der Waals surface area (Å²) in [6.45, 7) is 5.66. The highest BCUT2D eigenvalue weighted by Gasteiger charge is 2.25. The Kier molecular flexibility index (Phi) is 9.30. The van der Waals surface area contributed by atoms with E-state index in [1.165, 1.54) is 5.56 Å². The summed E-state index contributed by atoms with van der Waals surface area (Å²) in [5.74, 6) is -0.868. The largest absolute Gasteiger partial charge is 0.480 e. The van der Waals surface area contributed by atoms with E-state index in [-0.39, 0.29) is 24.9 Å². The molecular formula is C23H30ClN3O3. The minimum atomic E-state index is -0.759. The molecule has 0 spiro atoms. The maximum Gasteiger partial charge on any atom is 0.317 e. The summed E-state index contributed by atoms with van der Waals surface area (Å²) < 4.78 is 0. The van der Waals surface area contributed by atoms with Gasteiger partial charge in [-0.1, -0.05) is 37.3 Å². The van der Waals surface area contributed by atoms with Gasteiger partial charge < -0.3 is 10.4 Å². The summed E-state index contributed by atoms with van der Waals surface area (Å²) in [6.07, 6.45) is 1.97. The van der Waals surface area contributed by atoms with E-state index in [0.29, 0.717) is 11.6 Å². The van der Waals surface area contributed by atoms with Crippen molar-refractivity contribution < 1.29 is 14.7 Å². The molecule has 1 fully saturated rings. The number of halogens is 1. The Labute approximate surface area is 184 Å². The van der Waals surface area contributed by atoms with E-state index in [0.717, 1.165) is 44.7 Å². The molecule has 0 bridgehead atoms. The molecule has 30 heavy (non-hydrogen) atoms. The molecule has 6 nitrogen and oxygen atoms in total. The number of hydrogen-bond donors (Lipinski definition) is 2. The molecular weight excluding hydrogens is 402 g/mol. The van der Waals surface area contributed by atoms with Crippen LogP contribution in [0.2, 0.25) is 0 Å². The predicted molar refractivity (Wildman–Crippen MR) is 121 cm³/mol. The van der Waals surface area contributed by atoms with E-state index in [1.54, 1.807) is 0 Å². The standard InChI is InChI=1S/C23H29N3O3.ClH/c1-2-26(17-22(27)28)21-12-14-25(15-13-21)16-18-8-10-19(11-9-18)23(29)24-20-6-4-3-5-7-20;/h3-11,21H,2,12-17H2,1H3,(H,24,29)(H,27,28);1H. The molecule has 3 rings (SSSR count). The fourth-order valence-electron chi connectivity index (χ4n) is 3.86. The van der Waals surface area contributed by atoms with Gasteiger partial charge in [-0.05, 0) is 62.3 Å². The third-order valence-corrected chi connectivity index (χ3v) is 5.47. The zero-order valence-corrected chi connectivity index (χ0v) is 18.1. The molecule has 162 valence electrons. The van der Waals surface area contributed by atoms with E-state index < -0.39 is 5.97 Å². The lowest BCUT2D eigenvalue weighted by molar-refractivity contribution is -0.139. The van der Waals surface area contributed by atoms with Crippen molar-refractivity contribution in [3.05, 3.63) is 65.7 Å². The number of nitrogens with one attached hydrogen (secondary N) is 1. The first kappa shape index (κ1) is 23.9. The molecule has 0 aromatic heterocycles. The van der Waals surface area contributed by atoms with E-state index in [4.69, 9.17) is 5.11 Å². The van der Waals surface area contributed by atoms with Gasteiger partial charge in [0.05, 0.1) is 6.54 Å². The molecule has 7 heteroatoms. The van der Waals surface area contributed by atoms with Crippen LogP contribution in [0.15, 0.2) is 54.6 Å². The Morgan fingerprint density at radius 1 is 1.07 bits per heavy atom. The molecule has 1 heterocycles. The van der Waals surface area contributed by atoms with Crippen LogP contribution in [0.5, 0.6) is 0 Å². The van der Waals surface area contributed by atoms with Crippen molar-refractivity contribution in [1.29, 1.82) is 0 Å². The number of carbonyl (C=O) groups excluding carboxylic acids is 1. The third-order valence-electron chi connectivity index (χ3n) is 5.47. The van der Waals surface area contributed by atoms with Crippen molar-refractivity contribution in [2.45, 2.75) is 32.4 Å². The molecule has 0 radical (unpaired) electrons. The first-order valence-corrected chi connectivity index (χ1v) is 10.2. The average Bonchev–Trinajstić information content (AvgIpc) is 2.74. The third kappa shape index (κ3) is 6.83. The van der Waals surface area contributed by atoms with Gasteiger partial charge in [-0.15, -0.1) is 12.4 Å². The van der Waals surface area contributed by atoms with Gasteiger partial charge in [0.2, 0.25) is 0 Å². The number of carboxylic acid groups (broad SMARTS) is 1. The molecule has 0 unspecified atom stereocenters. The lowest BCUT2D eigenvalue weighted by atomic mass is 10.0. The maximum atomic E-state index is 12.4. The summed E-state index contributed by atoms with van der Waals surface area (Å²) in [7, 11) is 0. The number of rotatable bonds is 8. The number of aliphatic carboxylic acids is 1. The summed E-state index contributed by atoms with van der Waals surface area (Å²) in [4.78, 5) is 27.8. The van der Waals surface area contributed by atoms with Crippen molar-refractivity contribution in [3.8, 4) is 0 Å². The normalized spacial score (nSPS) is 14.9. The number of benzene rings is 2. The topological polar surface area (TPSA) is 72.9 Å². The van der Waals surface area contributed by atoms with E-state index in [2.05, 4.69) is 15.1 Å². The Morgan fingerprint density at radius 3 is 2.27 bits per heavy atom. The zero-order chi connectivity index (χ0) is 20.6. The van der Waals surface area contributed by atoms with Crippen LogP contribution in [0.4, 0.5) is 5.69 Å². The number of carbonyl (C=O) groups is 2. The Bertz CT molecular complexity index is 806. The number of likely N-dealkylation sites (tertiary alicyclic amines) is 1. The predicted octanol–water partition coefficient (Wildman–Crippen LogP) is 3.73. The highest BCUT2D eigenvalue weighted by atomic mass is 35.5. The van der Waals surface area contributed by atoms with Crippen LogP contribution in [0.25, 0.3) is 0 Å². The lowest BCUT2D eigenvalue weighted by Gasteiger charge is -2.37. The second kappa shape index (κ2) is 11.7. The average molecular weight is 432 g/mol. The minimum absolute atomic E-state index is 0. The zero-order valence-electron chi connectivity index (χ0n) is 17.3. The summed E-state index contributed by atoms with van der Waals surface area (Å²) >= 11 is 0.